The quantitative estimate of drug-likeness (QED) is 0.273. The molecular weight excluding hydrogens is 513 g/mol. The second kappa shape index (κ2) is 10.5. The van der Waals surface area contributed by atoms with Crippen molar-refractivity contribution in [2.75, 3.05) is 11.9 Å². The minimum Gasteiger partial charge on any atom is -0.493 e. The van der Waals surface area contributed by atoms with Crippen LogP contribution in [-0.2, 0) is 32.0 Å². The topological polar surface area (TPSA) is 50.4 Å². The molecule has 0 spiro atoms. The molecule has 0 bridgehead atoms. The Morgan fingerprint density at radius 2 is 1.73 bits per heavy atom. The predicted octanol–water partition coefficient (Wildman–Crippen LogP) is 7.13. The Morgan fingerprint density at radius 1 is 0.925 bits per heavy atom. The van der Waals surface area contributed by atoms with Crippen molar-refractivity contribution in [2.45, 2.75) is 44.9 Å². The molecule has 4 aromatic carbocycles. The molecule has 1 atom stereocenters. The Labute approximate surface area is 231 Å². The second-order valence-corrected chi connectivity index (χ2v) is 10.5. The number of alkyl halides is 3. The highest BCUT2D eigenvalue weighted by molar-refractivity contribution is 6.09. The summed E-state index contributed by atoms with van der Waals surface area (Å²) in [5, 5.41) is 6.67. The molecule has 2 N–H and O–H groups in total. The summed E-state index contributed by atoms with van der Waals surface area (Å²) < 4.78 is 44.8. The zero-order valence-corrected chi connectivity index (χ0v) is 22.1. The summed E-state index contributed by atoms with van der Waals surface area (Å²) in [6.07, 6.45) is -1.66. The fourth-order valence-corrected chi connectivity index (χ4v) is 5.72. The maximum absolute atomic E-state index is 13.4. The molecule has 4 nitrogen and oxygen atoms in total. The van der Waals surface area contributed by atoms with E-state index < -0.39 is 11.7 Å². The van der Waals surface area contributed by atoms with Gasteiger partial charge in [-0.2, -0.15) is 13.2 Å². The van der Waals surface area contributed by atoms with Gasteiger partial charge in [-0.25, -0.2) is 0 Å². The lowest BCUT2D eigenvalue weighted by Gasteiger charge is -2.15. The molecular formula is C33H29F3N2O2. The number of hydrogen-bond donors (Lipinski definition) is 2. The molecule has 6 rings (SSSR count). The van der Waals surface area contributed by atoms with Crippen LogP contribution in [0.3, 0.4) is 0 Å². The van der Waals surface area contributed by atoms with Crippen LogP contribution in [0.25, 0.3) is 11.1 Å². The highest BCUT2D eigenvalue weighted by Crippen LogP contribution is 2.34. The normalized spacial score (nSPS) is 15.8. The summed E-state index contributed by atoms with van der Waals surface area (Å²) >= 11 is 0. The summed E-state index contributed by atoms with van der Waals surface area (Å²) in [7, 11) is 0. The molecule has 0 fully saturated rings. The standard InChI is InChI=1S/C33H29F3N2O2/c1-20-3-2-4-29(31(20)22-6-9-26(10-7-22)33(34,35)36)32(39)38-27-11-8-23-16-28(18-25(23)17-27)37-19-21-5-12-30-24(15-21)13-14-40-30/h2-12,15,17,28,37H,13-14,16,18-19H2,1H3,(H,38,39)/t28-/m0/s1. The molecule has 7 heteroatoms. The largest absolute Gasteiger partial charge is 0.493 e. The number of aryl methyl sites for hydroxylation is 1. The highest BCUT2D eigenvalue weighted by Gasteiger charge is 2.30. The molecule has 40 heavy (non-hydrogen) atoms. The first-order valence-corrected chi connectivity index (χ1v) is 13.4. The average molecular weight is 543 g/mol. The lowest BCUT2D eigenvalue weighted by atomic mass is 9.93. The van der Waals surface area contributed by atoms with E-state index in [0.29, 0.717) is 28.4 Å². The number of nitrogens with one attached hydrogen (secondary N) is 2. The summed E-state index contributed by atoms with van der Waals surface area (Å²) in [4.78, 5) is 13.4. The van der Waals surface area contributed by atoms with Crippen LogP contribution in [0, 0.1) is 6.92 Å². The molecule has 204 valence electrons. The second-order valence-electron chi connectivity index (χ2n) is 10.5. The Bertz CT molecular complexity index is 1580. The van der Waals surface area contributed by atoms with Crippen molar-refractivity contribution < 1.29 is 22.7 Å². The van der Waals surface area contributed by atoms with Crippen molar-refractivity contribution in [1.29, 1.82) is 0 Å². The summed E-state index contributed by atoms with van der Waals surface area (Å²) in [5.41, 5.74) is 7.37. The van der Waals surface area contributed by atoms with Gasteiger partial charge in [-0.05, 0) is 95.1 Å². The number of fused-ring (bicyclic) bond motifs is 2. The van der Waals surface area contributed by atoms with Gasteiger partial charge in [-0.3, -0.25) is 4.79 Å². The highest BCUT2D eigenvalue weighted by atomic mass is 19.4. The van der Waals surface area contributed by atoms with E-state index in [9.17, 15) is 18.0 Å². The van der Waals surface area contributed by atoms with E-state index in [2.05, 4.69) is 34.9 Å². The Hall–Kier alpha value is -4.10. The molecule has 1 aliphatic carbocycles. The number of ether oxygens (including phenoxy) is 1. The molecule has 2 aliphatic rings. The maximum atomic E-state index is 13.4. The molecule has 1 heterocycles. The van der Waals surface area contributed by atoms with Crippen LogP contribution < -0.4 is 15.4 Å². The van der Waals surface area contributed by atoms with Crippen LogP contribution in [-0.4, -0.2) is 18.6 Å². The SMILES string of the molecule is Cc1cccc(C(=O)Nc2ccc3c(c2)C[C@@H](NCc2ccc4c(c2)CCO4)C3)c1-c1ccc(C(F)(F)F)cc1. The maximum Gasteiger partial charge on any atom is 0.416 e. The lowest BCUT2D eigenvalue weighted by Crippen LogP contribution is -2.28. The van der Waals surface area contributed by atoms with Crippen molar-refractivity contribution in [3.63, 3.8) is 0 Å². The zero-order chi connectivity index (χ0) is 27.9. The fraction of sp³-hybridized carbons (Fsp3) is 0.242. The smallest absolute Gasteiger partial charge is 0.416 e. The van der Waals surface area contributed by atoms with Gasteiger partial charge in [-0.1, -0.05) is 42.5 Å². The van der Waals surface area contributed by atoms with E-state index in [1.807, 2.05) is 25.1 Å². The van der Waals surface area contributed by atoms with E-state index in [1.54, 1.807) is 12.1 Å². The number of carbonyl (C=O) groups excluding carboxylic acids is 1. The van der Waals surface area contributed by atoms with Gasteiger partial charge in [-0.15, -0.1) is 0 Å². The van der Waals surface area contributed by atoms with E-state index in [1.165, 1.54) is 34.4 Å². The van der Waals surface area contributed by atoms with Crippen molar-refractivity contribution in [1.82, 2.24) is 5.32 Å². The van der Waals surface area contributed by atoms with Crippen LogP contribution in [0.15, 0.2) is 78.9 Å². The first-order chi connectivity index (χ1) is 19.2. The number of carbonyl (C=O) groups is 1. The van der Waals surface area contributed by atoms with Crippen LogP contribution in [0.5, 0.6) is 5.75 Å². The number of anilines is 1. The van der Waals surface area contributed by atoms with Gasteiger partial charge in [0.15, 0.2) is 0 Å². The molecule has 0 aromatic heterocycles. The number of halogens is 3. The van der Waals surface area contributed by atoms with Crippen LogP contribution >= 0.6 is 0 Å². The van der Waals surface area contributed by atoms with Gasteiger partial charge in [0.1, 0.15) is 5.75 Å². The summed E-state index contributed by atoms with van der Waals surface area (Å²) in [6, 6.07) is 23.0. The number of amides is 1. The molecule has 0 saturated carbocycles. The van der Waals surface area contributed by atoms with Crippen molar-refractivity contribution >= 4 is 11.6 Å². The first-order valence-electron chi connectivity index (χ1n) is 13.4. The van der Waals surface area contributed by atoms with Crippen LogP contribution in [0.4, 0.5) is 18.9 Å². The first kappa shape index (κ1) is 26.1. The Balaban J connectivity index is 1.14. The third-order valence-electron chi connectivity index (χ3n) is 7.76. The molecule has 4 aromatic rings. The van der Waals surface area contributed by atoms with E-state index in [-0.39, 0.29) is 5.91 Å². The molecule has 0 unspecified atom stereocenters. The lowest BCUT2D eigenvalue weighted by molar-refractivity contribution is -0.137. The van der Waals surface area contributed by atoms with Gasteiger partial charge >= 0.3 is 6.18 Å². The number of rotatable bonds is 6. The molecule has 1 amide bonds. The summed E-state index contributed by atoms with van der Waals surface area (Å²) in [5.74, 6) is 0.690. The predicted molar refractivity (Wildman–Crippen MR) is 150 cm³/mol. The van der Waals surface area contributed by atoms with Gasteiger partial charge in [0, 0.05) is 30.3 Å². The van der Waals surface area contributed by atoms with Crippen molar-refractivity contribution in [3.05, 3.63) is 118 Å². The molecule has 0 radical (unpaired) electrons. The molecule has 0 saturated heterocycles. The molecule has 1 aliphatic heterocycles. The van der Waals surface area contributed by atoms with Gasteiger partial charge < -0.3 is 15.4 Å². The third kappa shape index (κ3) is 5.34. The summed E-state index contributed by atoms with van der Waals surface area (Å²) in [6.45, 7) is 3.39. The Kier molecular flexibility index (Phi) is 6.84. The fourth-order valence-electron chi connectivity index (χ4n) is 5.72. The van der Waals surface area contributed by atoms with Gasteiger partial charge in [0.05, 0.1) is 12.2 Å². The number of benzene rings is 4. The van der Waals surface area contributed by atoms with E-state index >= 15 is 0 Å². The van der Waals surface area contributed by atoms with Gasteiger partial charge in [0.25, 0.3) is 5.91 Å². The zero-order valence-electron chi connectivity index (χ0n) is 22.1. The van der Waals surface area contributed by atoms with Crippen molar-refractivity contribution in [2.24, 2.45) is 0 Å². The minimum absolute atomic E-state index is 0.299. The number of hydrogen-bond acceptors (Lipinski definition) is 3. The van der Waals surface area contributed by atoms with Crippen LogP contribution in [0.1, 0.15) is 43.7 Å². The van der Waals surface area contributed by atoms with Crippen LogP contribution in [0.2, 0.25) is 0 Å². The van der Waals surface area contributed by atoms with Gasteiger partial charge in [0.2, 0.25) is 0 Å². The third-order valence-corrected chi connectivity index (χ3v) is 7.76. The minimum atomic E-state index is -4.41. The monoisotopic (exact) mass is 542 g/mol. The average Bonchev–Trinajstić information content (AvgIpc) is 3.57. The van der Waals surface area contributed by atoms with Crippen molar-refractivity contribution in [3.8, 4) is 16.9 Å². The Morgan fingerprint density at radius 3 is 2.52 bits per heavy atom. The van der Waals surface area contributed by atoms with E-state index in [4.69, 9.17) is 4.74 Å². The van der Waals surface area contributed by atoms with E-state index in [0.717, 1.165) is 55.9 Å².